The molecule has 0 saturated heterocycles. The lowest BCUT2D eigenvalue weighted by Crippen LogP contribution is -2.39. The largest absolute Gasteiger partial charge is 0.316 e. The molecule has 15 heavy (non-hydrogen) atoms. The Labute approximate surface area is 95.0 Å². The molecule has 2 saturated carbocycles. The summed E-state index contributed by atoms with van der Waals surface area (Å²) in [4.78, 5) is 0. The molecule has 1 nitrogen and oxygen atoms in total. The van der Waals surface area contributed by atoms with Crippen molar-refractivity contribution in [3.63, 3.8) is 0 Å². The molecule has 0 aromatic heterocycles. The molecule has 1 N–H and O–H groups in total. The van der Waals surface area contributed by atoms with Crippen LogP contribution in [0.25, 0.3) is 0 Å². The topological polar surface area (TPSA) is 12.0 Å². The molecule has 0 aromatic carbocycles. The predicted molar refractivity (Wildman–Crippen MR) is 66.0 cm³/mol. The number of hydrogen-bond donors (Lipinski definition) is 1. The van der Waals surface area contributed by atoms with Gasteiger partial charge in [0.05, 0.1) is 0 Å². The zero-order valence-electron chi connectivity index (χ0n) is 10.3. The maximum atomic E-state index is 3.64. The summed E-state index contributed by atoms with van der Waals surface area (Å²) in [5.74, 6) is 1.98. The Morgan fingerprint density at radius 3 is 1.53 bits per heavy atom. The second kappa shape index (κ2) is 5.89. The Morgan fingerprint density at radius 1 is 0.733 bits per heavy atom. The highest BCUT2D eigenvalue weighted by Crippen LogP contribution is 2.35. The van der Waals surface area contributed by atoms with Gasteiger partial charge in [-0.3, -0.25) is 0 Å². The zero-order valence-corrected chi connectivity index (χ0v) is 10.3. The van der Waals surface area contributed by atoms with Gasteiger partial charge >= 0.3 is 0 Å². The van der Waals surface area contributed by atoms with Gasteiger partial charge in [-0.2, -0.15) is 0 Å². The van der Waals surface area contributed by atoms with E-state index in [-0.39, 0.29) is 0 Å². The van der Waals surface area contributed by atoms with E-state index in [2.05, 4.69) is 12.4 Å². The third-order valence-electron chi connectivity index (χ3n) is 4.65. The highest BCUT2D eigenvalue weighted by molar-refractivity contribution is 4.86. The molecule has 0 radical (unpaired) electrons. The van der Waals surface area contributed by atoms with Crippen LogP contribution in [-0.2, 0) is 0 Å². The van der Waals surface area contributed by atoms with Gasteiger partial charge < -0.3 is 5.32 Å². The maximum absolute atomic E-state index is 3.64. The smallest absolute Gasteiger partial charge is 0.0121 e. The first kappa shape index (κ1) is 11.4. The van der Waals surface area contributed by atoms with Crippen LogP contribution in [0.5, 0.6) is 0 Å². The van der Waals surface area contributed by atoms with Crippen molar-refractivity contribution >= 4 is 0 Å². The lowest BCUT2D eigenvalue weighted by Gasteiger charge is -2.31. The summed E-state index contributed by atoms with van der Waals surface area (Å²) >= 11 is 0. The second-order valence-electron chi connectivity index (χ2n) is 5.61. The van der Waals surface area contributed by atoms with E-state index in [4.69, 9.17) is 0 Å². The van der Waals surface area contributed by atoms with Crippen LogP contribution in [0.3, 0.4) is 0 Å². The van der Waals surface area contributed by atoms with Crippen molar-refractivity contribution in [2.24, 2.45) is 11.8 Å². The zero-order chi connectivity index (χ0) is 10.5. The van der Waals surface area contributed by atoms with Crippen molar-refractivity contribution in [3.8, 4) is 0 Å². The highest BCUT2D eigenvalue weighted by Gasteiger charge is 2.30. The van der Waals surface area contributed by atoms with E-state index in [1.54, 1.807) is 0 Å². The molecule has 0 bridgehead atoms. The molecular weight excluding hydrogens is 182 g/mol. The Kier molecular flexibility index (Phi) is 4.49. The first-order chi connectivity index (χ1) is 7.42. The van der Waals surface area contributed by atoms with E-state index in [1.807, 2.05) is 0 Å². The monoisotopic (exact) mass is 209 g/mol. The minimum absolute atomic E-state index is 0.839. The molecule has 0 amide bonds. The maximum Gasteiger partial charge on any atom is 0.0121 e. The summed E-state index contributed by atoms with van der Waals surface area (Å²) in [5, 5.41) is 3.64. The Balaban J connectivity index is 1.91. The quantitative estimate of drug-likeness (QED) is 0.698. The van der Waals surface area contributed by atoms with E-state index in [0.29, 0.717) is 0 Å². The van der Waals surface area contributed by atoms with E-state index in [1.165, 1.54) is 64.2 Å². The van der Waals surface area contributed by atoms with Crippen LogP contribution in [0.2, 0.25) is 0 Å². The van der Waals surface area contributed by atoms with Gasteiger partial charge in [0.25, 0.3) is 0 Å². The van der Waals surface area contributed by atoms with Gasteiger partial charge in [-0.25, -0.2) is 0 Å². The minimum Gasteiger partial charge on any atom is -0.316 e. The molecule has 0 aromatic rings. The Hall–Kier alpha value is -0.0400. The molecule has 1 heteroatoms. The van der Waals surface area contributed by atoms with Gasteiger partial charge in [-0.05, 0) is 44.6 Å². The molecule has 2 aliphatic carbocycles. The van der Waals surface area contributed by atoms with Crippen LogP contribution >= 0.6 is 0 Å². The van der Waals surface area contributed by atoms with E-state index in [9.17, 15) is 0 Å². The summed E-state index contributed by atoms with van der Waals surface area (Å²) in [6.07, 6.45) is 14.8. The van der Waals surface area contributed by atoms with Crippen molar-refractivity contribution in [2.45, 2.75) is 70.3 Å². The molecule has 1 unspecified atom stereocenters. The van der Waals surface area contributed by atoms with Gasteiger partial charge in [0, 0.05) is 6.04 Å². The SMILES string of the molecule is CNC(C1CCCCCC1)C1CCCC1. The van der Waals surface area contributed by atoms with Gasteiger partial charge in [-0.1, -0.05) is 38.5 Å². The Morgan fingerprint density at radius 2 is 1.13 bits per heavy atom. The third-order valence-corrected chi connectivity index (χ3v) is 4.65. The van der Waals surface area contributed by atoms with Gasteiger partial charge in [-0.15, -0.1) is 0 Å². The fraction of sp³-hybridized carbons (Fsp3) is 1.00. The van der Waals surface area contributed by atoms with Crippen molar-refractivity contribution in [2.75, 3.05) is 7.05 Å². The number of hydrogen-bond acceptors (Lipinski definition) is 1. The van der Waals surface area contributed by atoms with Crippen LogP contribution in [0.15, 0.2) is 0 Å². The molecule has 1 atom stereocenters. The summed E-state index contributed by atoms with van der Waals surface area (Å²) in [6, 6.07) is 0.839. The van der Waals surface area contributed by atoms with Gasteiger partial charge in [0.1, 0.15) is 0 Å². The van der Waals surface area contributed by atoms with Gasteiger partial charge in [0.2, 0.25) is 0 Å². The summed E-state index contributed by atoms with van der Waals surface area (Å²) < 4.78 is 0. The van der Waals surface area contributed by atoms with Crippen LogP contribution in [0.1, 0.15) is 64.2 Å². The molecule has 0 heterocycles. The number of rotatable bonds is 3. The van der Waals surface area contributed by atoms with Crippen molar-refractivity contribution in [1.82, 2.24) is 5.32 Å². The second-order valence-corrected chi connectivity index (χ2v) is 5.61. The van der Waals surface area contributed by atoms with Crippen LogP contribution < -0.4 is 5.32 Å². The fourth-order valence-electron chi connectivity index (χ4n) is 3.84. The molecule has 0 aliphatic heterocycles. The Bertz CT molecular complexity index is 164. The minimum atomic E-state index is 0.839. The van der Waals surface area contributed by atoms with Crippen LogP contribution in [-0.4, -0.2) is 13.1 Å². The first-order valence-corrected chi connectivity index (χ1v) is 7.09. The summed E-state index contributed by atoms with van der Waals surface area (Å²) in [6.45, 7) is 0. The van der Waals surface area contributed by atoms with E-state index >= 15 is 0 Å². The molecule has 88 valence electrons. The standard InChI is InChI=1S/C14H27N/c1-15-14(13-10-6-7-11-13)12-8-4-2-3-5-9-12/h12-15H,2-11H2,1H3. The fourth-order valence-corrected chi connectivity index (χ4v) is 3.84. The van der Waals surface area contributed by atoms with Gasteiger partial charge in [0.15, 0.2) is 0 Å². The highest BCUT2D eigenvalue weighted by atomic mass is 14.9. The summed E-state index contributed by atoms with van der Waals surface area (Å²) in [5.41, 5.74) is 0. The molecule has 0 spiro atoms. The lowest BCUT2D eigenvalue weighted by atomic mass is 9.83. The van der Waals surface area contributed by atoms with E-state index in [0.717, 1.165) is 17.9 Å². The van der Waals surface area contributed by atoms with Crippen molar-refractivity contribution < 1.29 is 0 Å². The molecule has 2 aliphatic rings. The molecule has 2 fully saturated rings. The van der Waals surface area contributed by atoms with E-state index < -0.39 is 0 Å². The molecule has 2 rings (SSSR count). The normalized spacial score (nSPS) is 27.8. The van der Waals surface area contributed by atoms with Crippen molar-refractivity contribution in [1.29, 1.82) is 0 Å². The van der Waals surface area contributed by atoms with Crippen molar-refractivity contribution in [3.05, 3.63) is 0 Å². The lowest BCUT2D eigenvalue weighted by molar-refractivity contribution is 0.249. The van der Waals surface area contributed by atoms with Crippen LogP contribution in [0.4, 0.5) is 0 Å². The molecular formula is C14H27N. The summed E-state index contributed by atoms with van der Waals surface area (Å²) in [7, 11) is 2.19. The average molecular weight is 209 g/mol. The third kappa shape index (κ3) is 2.96. The number of nitrogens with one attached hydrogen (secondary N) is 1. The first-order valence-electron chi connectivity index (χ1n) is 7.09. The van der Waals surface area contributed by atoms with Crippen LogP contribution in [0, 0.1) is 11.8 Å². The predicted octanol–water partition coefficient (Wildman–Crippen LogP) is 3.74. The average Bonchev–Trinajstić information content (AvgIpc) is 2.63.